The van der Waals surface area contributed by atoms with E-state index in [4.69, 9.17) is 10.00 Å². The Morgan fingerprint density at radius 1 is 1.04 bits per heavy atom. The third-order valence-electron chi connectivity index (χ3n) is 10.8. The number of allylic oxidation sites excluding steroid dienone is 1. The average molecular weight is 767 g/mol. The van der Waals surface area contributed by atoms with Crippen molar-refractivity contribution in [1.29, 1.82) is 5.26 Å². The number of hydrogen-bond acceptors (Lipinski definition) is 9. The number of ether oxygens (including phenoxy) is 1. The minimum atomic E-state index is -0.398. The van der Waals surface area contributed by atoms with Crippen LogP contribution >= 0.6 is 11.8 Å². The van der Waals surface area contributed by atoms with Crippen LogP contribution in [-0.4, -0.2) is 74.6 Å². The maximum Gasteiger partial charge on any atom is 0.306 e. The van der Waals surface area contributed by atoms with Crippen molar-refractivity contribution >= 4 is 35.3 Å². The Hall–Kier alpha value is -4.73. The molecule has 1 N–H and O–H groups in total. The van der Waals surface area contributed by atoms with Gasteiger partial charge in [0.15, 0.2) is 5.78 Å². The van der Waals surface area contributed by atoms with Crippen LogP contribution in [0.25, 0.3) is 0 Å². The standard InChI is InChI=1S/C43H54N6O5S/c1-6-34(7-2)48(23-22-47(5)37(50)16-17-38(51)54-29-30-12-9-8-10-13-30)27-31-14-11-15-32(24-31)41(53)46-42-39(35-18-19-43(3,4)25-36(35)55-42)40(52)33-26-45-49(28-33)21-20-44/h8-15,24,26,28,34-36H,6-7,16-19,21-23,25,27,29H2,1-5H3,(H,46,53). The van der Waals surface area contributed by atoms with Crippen LogP contribution in [0.2, 0.25) is 0 Å². The van der Waals surface area contributed by atoms with Crippen molar-refractivity contribution in [2.24, 2.45) is 11.3 Å². The molecule has 2 atom stereocenters. The summed E-state index contributed by atoms with van der Waals surface area (Å²) in [6, 6.07) is 19.4. The van der Waals surface area contributed by atoms with E-state index in [0.29, 0.717) is 41.4 Å². The number of rotatable bonds is 18. The maximum absolute atomic E-state index is 14.0. The van der Waals surface area contributed by atoms with E-state index in [9.17, 15) is 19.2 Å². The van der Waals surface area contributed by atoms with Gasteiger partial charge in [0.05, 0.1) is 29.3 Å². The van der Waals surface area contributed by atoms with Crippen molar-refractivity contribution in [1.82, 2.24) is 24.9 Å². The maximum atomic E-state index is 14.0. The highest BCUT2D eigenvalue weighted by molar-refractivity contribution is 8.04. The average Bonchev–Trinajstić information content (AvgIpc) is 3.79. The van der Waals surface area contributed by atoms with Crippen LogP contribution in [0.4, 0.5) is 0 Å². The molecule has 5 rings (SSSR count). The predicted octanol–water partition coefficient (Wildman–Crippen LogP) is 7.15. The summed E-state index contributed by atoms with van der Waals surface area (Å²) in [5.74, 6) is -0.908. The molecule has 0 bridgehead atoms. The fourth-order valence-electron chi connectivity index (χ4n) is 7.55. The minimum Gasteiger partial charge on any atom is -0.461 e. The predicted molar refractivity (Wildman–Crippen MR) is 213 cm³/mol. The Balaban J connectivity index is 1.23. The number of amides is 2. The molecule has 2 amide bonds. The number of carbonyl (C=O) groups is 4. The zero-order chi connectivity index (χ0) is 39.5. The lowest BCUT2D eigenvalue weighted by Gasteiger charge is -2.37. The smallest absolute Gasteiger partial charge is 0.306 e. The highest BCUT2D eigenvalue weighted by atomic mass is 32.2. The molecule has 1 aliphatic carbocycles. The number of nitriles is 1. The highest BCUT2D eigenvalue weighted by Gasteiger charge is 2.45. The number of nitrogens with one attached hydrogen (secondary N) is 1. The van der Waals surface area contributed by atoms with E-state index in [0.717, 1.165) is 43.2 Å². The molecule has 1 aromatic heterocycles. The molecule has 2 unspecified atom stereocenters. The fraction of sp³-hybridized carbons (Fsp3) is 0.488. The van der Waals surface area contributed by atoms with E-state index in [2.05, 4.69) is 49.1 Å². The number of nitrogens with zero attached hydrogens (tertiary/aromatic N) is 5. The quantitative estimate of drug-likeness (QED) is 0.106. The summed E-state index contributed by atoms with van der Waals surface area (Å²) in [5, 5.41) is 17.2. The van der Waals surface area contributed by atoms with Gasteiger partial charge in [0.2, 0.25) is 5.91 Å². The number of carbonyl (C=O) groups excluding carboxylic acids is 4. The number of hydrogen-bond donors (Lipinski definition) is 1. The van der Waals surface area contributed by atoms with Gasteiger partial charge in [0.1, 0.15) is 13.2 Å². The molecular weight excluding hydrogens is 713 g/mol. The first kappa shape index (κ1) is 41.4. The Kier molecular flexibility index (Phi) is 14.5. The second kappa shape index (κ2) is 19.2. The molecule has 2 aliphatic rings. The zero-order valence-corrected chi connectivity index (χ0v) is 33.6. The molecule has 0 spiro atoms. The van der Waals surface area contributed by atoms with Crippen LogP contribution in [0, 0.1) is 22.7 Å². The number of benzene rings is 2. The number of likely N-dealkylation sites (N-methyl/N-ethyl adjacent to an activating group) is 1. The van der Waals surface area contributed by atoms with E-state index in [1.807, 2.05) is 48.5 Å². The summed E-state index contributed by atoms with van der Waals surface area (Å²) in [4.78, 5) is 57.2. The number of aromatic nitrogens is 2. The van der Waals surface area contributed by atoms with Gasteiger partial charge in [-0.2, -0.15) is 10.4 Å². The molecule has 55 heavy (non-hydrogen) atoms. The fourth-order valence-corrected chi connectivity index (χ4v) is 9.35. The van der Waals surface area contributed by atoms with Crippen LogP contribution in [0.1, 0.15) is 104 Å². The second-order valence-corrected chi connectivity index (χ2v) is 16.6. The van der Waals surface area contributed by atoms with Crippen LogP contribution in [-0.2, 0) is 34.0 Å². The molecule has 0 radical (unpaired) electrons. The molecule has 1 fully saturated rings. The van der Waals surface area contributed by atoms with Gasteiger partial charge in [-0.05, 0) is 60.8 Å². The number of fused-ring (bicyclic) bond motifs is 1. The van der Waals surface area contributed by atoms with Gasteiger partial charge in [-0.15, -0.1) is 11.8 Å². The Labute approximate surface area is 329 Å². The summed E-state index contributed by atoms with van der Waals surface area (Å²) < 4.78 is 6.79. The van der Waals surface area contributed by atoms with Gasteiger partial charge in [0.25, 0.3) is 5.91 Å². The van der Waals surface area contributed by atoms with Gasteiger partial charge in [-0.3, -0.25) is 28.8 Å². The van der Waals surface area contributed by atoms with Crippen molar-refractivity contribution in [3.05, 3.63) is 99.8 Å². The van der Waals surface area contributed by atoms with Gasteiger partial charge in [0, 0.05) is 67.6 Å². The topological polar surface area (TPSA) is 138 Å². The molecule has 0 saturated heterocycles. The van der Waals surface area contributed by atoms with Crippen LogP contribution < -0.4 is 5.32 Å². The molecule has 1 saturated carbocycles. The molecule has 292 valence electrons. The summed E-state index contributed by atoms with van der Waals surface area (Å²) >= 11 is 1.59. The lowest BCUT2D eigenvalue weighted by molar-refractivity contribution is -0.147. The Morgan fingerprint density at radius 2 is 1.78 bits per heavy atom. The largest absolute Gasteiger partial charge is 0.461 e. The van der Waals surface area contributed by atoms with E-state index in [-0.39, 0.29) is 66.2 Å². The van der Waals surface area contributed by atoms with Crippen LogP contribution in [0.15, 0.2) is 77.6 Å². The normalized spacial score (nSPS) is 17.5. The van der Waals surface area contributed by atoms with Crippen molar-refractivity contribution < 1.29 is 23.9 Å². The summed E-state index contributed by atoms with van der Waals surface area (Å²) in [7, 11) is 1.76. The lowest BCUT2D eigenvalue weighted by atomic mass is 9.70. The van der Waals surface area contributed by atoms with E-state index >= 15 is 0 Å². The van der Waals surface area contributed by atoms with Gasteiger partial charge in [-0.1, -0.05) is 70.2 Å². The minimum absolute atomic E-state index is 0.0263. The van der Waals surface area contributed by atoms with Crippen LogP contribution in [0.3, 0.4) is 0 Å². The van der Waals surface area contributed by atoms with E-state index in [1.165, 1.54) is 10.9 Å². The number of thioether (sulfide) groups is 1. The lowest BCUT2D eigenvalue weighted by Crippen LogP contribution is -2.41. The van der Waals surface area contributed by atoms with Gasteiger partial charge < -0.3 is 15.0 Å². The zero-order valence-electron chi connectivity index (χ0n) is 32.8. The molecule has 11 nitrogen and oxygen atoms in total. The molecular formula is C43H54N6O5S. The van der Waals surface area contributed by atoms with E-state index in [1.54, 1.807) is 36.0 Å². The monoisotopic (exact) mass is 766 g/mol. The Morgan fingerprint density at radius 3 is 2.51 bits per heavy atom. The first-order valence-corrected chi connectivity index (χ1v) is 20.2. The van der Waals surface area contributed by atoms with E-state index < -0.39 is 5.97 Å². The Bertz CT molecular complexity index is 1900. The molecule has 3 aromatic rings. The van der Waals surface area contributed by atoms with Crippen molar-refractivity contribution in [3.8, 4) is 6.07 Å². The summed E-state index contributed by atoms with van der Waals surface area (Å²) in [6.45, 7) is 10.8. The summed E-state index contributed by atoms with van der Waals surface area (Å²) in [5.41, 5.74) is 3.57. The first-order valence-electron chi connectivity index (χ1n) is 19.3. The summed E-state index contributed by atoms with van der Waals surface area (Å²) in [6.07, 6.45) is 7.87. The van der Waals surface area contributed by atoms with Crippen LogP contribution in [0.5, 0.6) is 0 Å². The first-order chi connectivity index (χ1) is 26.4. The third-order valence-corrected chi connectivity index (χ3v) is 12.1. The molecule has 2 aromatic carbocycles. The van der Waals surface area contributed by atoms with Crippen molar-refractivity contribution in [2.45, 2.75) is 104 Å². The SMILES string of the molecule is CCC(CC)N(CCN(C)C(=O)CCC(=O)OCc1ccccc1)Cc1cccc(C(=O)NC2=C(C(=O)c3cnn(CC#N)c3)C3CCC(C)(C)CC3S2)c1. The number of ketones is 1. The van der Waals surface area contributed by atoms with Gasteiger partial charge >= 0.3 is 5.97 Å². The molecule has 2 heterocycles. The highest BCUT2D eigenvalue weighted by Crippen LogP contribution is 2.53. The number of Topliss-reactive ketones (excluding diaryl/α,β-unsaturated/α-hetero) is 1. The number of esters is 1. The third kappa shape index (κ3) is 11.2. The second-order valence-electron chi connectivity index (χ2n) is 15.4. The molecule has 12 heteroatoms. The van der Waals surface area contributed by atoms with Crippen molar-refractivity contribution in [3.63, 3.8) is 0 Å². The van der Waals surface area contributed by atoms with Gasteiger partial charge in [-0.25, -0.2) is 0 Å². The molecule has 1 aliphatic heterocycles. The van der Waals surface area contributed by atoms with Crippen molar-refractivity contribution in [2.75, 3.05) is 20.1 Å².